The lowest BCUT2D eigenvalue weighted by Crippen LogP contribution is -2.43. The van der Waals surface area contributed by atoms with Crippen molar-refractivity contribution in [2.45, 2.75) is 0 Å². The number of rotatable bonds is 3. The van der Waals surface area contributed by atoms with Crippen LogP contribution in [0.5, 0.6) is 0 Å². The molecular weight excluding hydrogens is 386 g/mol. The minimum absolute atomic E-state index is 0. The Morgan fingerprint density at radius 2 is 1.86 bits per heavy atom. The second-order valence-corrected chi connectivity index (χ2v) is 6.97. The van der Waals surface area contributed by atoms with E-state index in [0.717, 1.165) is 65.4 Å². The predicted octanol–water partition coefficient (Wildman–Crippen LogP) is 2.92. The van der Waals surface area contributed by atoms with E-state index in [0.29, 0.717) is 0 Å². The first-order valence-electron chi connectivity index (χ1n) is 9.45. The highest BCUT2D eigenvalue weighted by Crippen LogP contribution is 2.30. The van der Waals surface area contributed by atoms with Gasteiger partial charge in [0, 0.05) is 68.3 Å². The van der Waals surface area contributed by atoms with E-state index in [1.54, 1.807) is 4.68 Å². The molecule has 0 saturated carbocycles. The zero-order valence-corrected chi connectivity index (χ0v) is 16.9. The van der Waals surface area contributed by atoms with Gasteiger partial charge >= 0.3 is 0 Å². The SMILES string of the molecule is Cl.Cn1cc(-c2cc3ncccc3c(-c3ccc(N4CCNCC4)nc3)n2)cn1. The van der Waals surface area contributed by atoms with E-state index in [1.807, 2.05) is 44.0 Å². The smallest absolute Gasteiger partial charge is 0.128 e. The Morgan fingerprint density at radius 1 is 1.00 bits per heavy atom. The van der Waals surface area contributed by atoms with Crippen LogP contribution in [0, 0.1) is 0 Å². The first-order valence-corrected chi connectivity index (χ1v) is 9.45. The van der Waals surface area contributed by atoms with Crippen molar-refractivity contribution in [1.82, 2.24) is 30.0 Å². The van der Waals surface area contributed by atoms with Gasteiger partial charge in [-0.25, -0.2) is 9.97 Å². The summed E-state index contributed by atoms with van der Waals surface area (Å²) in [6, 6.07) is 10.2. The van der Waals surface area contributed by atoms with Crippen molar-refractivity contribution >= 4 is 29.1 Å². The largest absolute Gasteiger partial charge is 0.354 e. The second-order valence-electron chi connectivity index (χ2n) is 6.97. The molecule has 0 radical (unpaired) electrons. The fourth-order valence-corrected chi connectivity index (χ4v) is 3.60. The number of aromatic nitrogens is 5. The fourth-order valence-electron chi connectivity index (χ4n) is 3.60. The summed E-state index contributed by atoms with van der Waals surface area (Å²) in [5.41, 5.74) is 4.63. The first-order chi connectivity index (χ1) is 13.8. The van der Waals surface area contributed by atoms with Crippen molar-refractivity contribution in [3.8, 4) is 22.5 Å². The molecule has 1 aliphatic rings. The van der Waals surface area contributed by atoms with Crippen LogP contribution in [0.2, 0.25) is 0 Å². The normalized spacial score (nSPS) is 14.0. The molecule has 0 bridgehead atoms. The van der Waals surface area contributed by atoms with Gasteiger partial charge in [0.25, 0.3) is 0 Å². The maximum atomic E-state index is 4.94. The number of halogens is 1. The molecule has 0 amide bonds. The van der Waals surface area contributed by atoms with E-state index in [2.05, 4.69) is 38.5 Å². The number of hydrogen-bond acceptors (Lipinski definition) is 6. The third-order valence-electron chi connectivity index (χ3n) is 5.06. The van der Waals surface area contributed by atoms with Gasteiger partial charge in [0.2, 0.25) is 0 Å². The lowest BCUT2D eigenvalue weighted by atomic mass is 10.1. The molecule has 8 heteroatoms. The molecule has 148 valence electrons. The third kappa shape index (κ3) is 3.79. The average molecular weight is 408 g/mol. The number of hydrogen-bond donors (Lipinski definition) is 1. The van der Waals surface area contributed by atoms with Crippen LogP contribution in [0.3, 0.4) is 0 Å². The molecule has 1 fully saturated rings. The minimum atomic E-state index is 0. The number of nitrogens with zero attached hydrogens (tertiary/aromatic N) is 6. The average Bonchev–Trinajstić information content (AvgIpc) is 3.20. The monoisotopic (exact) mass is 407 g/mol. The Bertz CT molecular complexity index is 1120. The van der Waals surface area contributed by atoms with E-state index >= 15 is 0 Å². The molecule has 0 aliphatic carbocycles. The van der Waals surface area contributed by atoms with E-state index in [9.17, 15) is 0 Å². The van der Waals surface area contributed by atoms with E-state index in [4.69, 9.17) is 9.97 Å². The van der Waals surface area contributed by atoms with Crippen LogP contribution in [0.15, 0.2) is 55.1 Å². The topological polar surface area (TPSA) is 71.8 Å². The van der Waals surface area contributed by atoms with Crippen molar-refractivity contribution in [2.24, 2.45) is 7.05 Å². The maximum absolute atomic E-state index is 4.94. The molecule has 5 rings (SSSR count). The summed E-state index contributed by atoms with van der Waals surface area (Å²) in [5, 5.41) is 8.66. The first kappa shape index (κ1) is 19.3. The van der Waals surface area contributed by atoms with Gasteiger partial charge in [0.05, 0.1) is 23.1 Å². The zero-order valence-electron chi connectivity index (χ0n) is 16.1. The second kappa shape index (κ2) is 8.14. The molecule has 7 nitrogen and oxygen atoms in total. The van der Waals surface area contributed by atoms with Gasteiger partial charge in [-0.1, -0.05) is 0 Å². The maximum Gasteiger partial charge on any atom is 0.128 e. The number of fused-ring (bicyclic) bond motifs is 1. The van der Waals surface area contributed by atoms with E-state index < -0.39 is 0 Å². The van der Waals surface area contributed by atoms with Crippen LogP contribution in [0.25, 0.3) is 33.4 Å². The summed E-state index contributed by atoms with van der Waals surface area (Å²) in [6.45, 7) is 3.95. The number of pyridine rings is 3. The Labute approximate surface area is 175 Å². The highest BCUT2D eigenvalue weighted by Gasteiger charge is 2.14. The van der Waals surface area contributed by atoms with Crippen LogP contribution in [0.1, 0.15) is 0 Å². The van der Waals surface area contributed by atoms with E-state index in [-0.39, 0.29) is 12.4 Å². The van der Waals surface area contributed by atoms with Crippen LogP contribution in [-0.4, -0.2) is 50.9 Å². The van der Waals surface area contributed by atoms with Crippen molar-refractivity contribution in [1.29, 1.82) is 0 Å². The molecule has 1 saturated heterocycles. The van der Waals surface area contributed by atoms with Gasteiger partial charge in [-0.2, -0.15) is 5.10 Å². The molecule has 0 spiro atoms. The van der Waals surface area contributed by atoms with Gasteiger partial charge in [0.15, 0.2) is 0 Å². The van der Waals surface area contributed by atoms with Crippen molar-refractivity contribution < 1.29 is 0 Å². The summed E-state index contributed by atoms with van der Waals surface area (Å²) in [7, 11) is 1.91. The van der Waals surface area contributed by atoms with Crippen LogP contribution >= 0.6 is 12.4 Å². The standard InChI is InChI=1S/C21H21N7.ClH/c1-27-14-16(13-25-27)18-11-19-17(3-2-6-23-19)21(26-18)15-4-5-20(24-12-15)28-9-7-22-8-10-28;/h2-6,11-14,22H,7-10H2,1H3;1H. The number of nitrogens with one attached hydrogen (secondary N) is 1. The molecule has 29 heavy (non-hydrogen) atoms. The summed E-state index contributed by atoms with van der Waals surface area (Å²) in [6.07, 6.45) is 7.52. The van der Waals surface area contributed by atoms with Crippen molar-refractivity contribution in [2.75, 3.05) is 31.1 Å². The Kier molecular flexibility index (Phi) is 5.42. The highest BCUT2D eigenvalue weighted by molar-refractivity contribution is 5.94. The Morgan fingerprint density at radius 3 is 2.59 bits per heavy atom. The lowest BCUT2D eigenvalue weighted by molar-refractivity contribution is 0.585. The fraction of sp³-hybridized carbons (Fsp3) is 0.238. The molecule has 1 aliphatic heterocycles. The highest BCUT2D eigenvalue weighted by atomic mass is 35.5. The molecule has 0 aromatic carbocycles. The predicted molar refractivity (Wildman–Crippen MR) is 117 cm³/mol. The zero-order chi connectivity index (χ0) is 18.9. The van der Waals surface area contributed by atoms with Crippen molar-refractivity contribution in [3.63, 3.8) is 0 Å². The number of anilines is 1. The van der Waals surface area contributed by atoms with E-state index in [1.165, 1.54) is 0 Å². The van der Waals surface area contributed by atoms with Crippen LogP contribution in [0.4, 0.5) is 5.82 Å². The summed E-state index contributed by atoms with van der Waals surface area (Å²) >= 11 is 0. The Balaban J connectivity index is 0.00000205. The number of aryl methyl sites for hydroxylation is 1. The lowest BCUT2D eigenvalue weighted by Gasteiger charge is -2.28. The summed E-state index contributed by atoms with van der Waals surface area (Å²) in [5.74, 6) is 1.01. The van der Waals surface area contributed by atoms with Crippen LogP contribution in [-0.2, 0) is 7.05 Å². The van der Waals surface area contributed by atoms with Gasteiger partial charge in [-0.15, -0.1) is 12.4 Å². The molecule has 0 atom stereocenters. The number of piperazine rings is 1. The third-order valence-corrected chi connectivity index (χ3v) is 5.06. The molecule has 0 unspecified atom stereocenters. The Hall–Kier alpha value is -3.03. The van der Waals surface area contributed by atoms with Crippen molar-refractivity contribution in [3.05, 3.63) is 55.1 Å². The molecular formula is C21H22ClN7. The van der Waals surface area contributed by atoms with Crippen LogP contribution < -0.4 is 10.2 Å². The molecule has 1 N–H and O–H groups in total. The molecule has 4 aromatic rings. The van der Waals surface area contributed by atoms with Gasteiger partial charge in [-0.05, 0) is 30.3 Å². The molecule has 5 heterocycles. The molecule has 4 aromatic heterocycles. The summed E-state index contributed by atoms with van der Waals surface area (Å²) in [4.78, 5) is 16.5. The van der Waals surface area contributed by atoms with Gasteiger partial charge in [0.1, 0.15) is 5.82 Å². The van der Waals surface area contributed by atoms with Gasteiger partial charge < -0.3 is 10.2 Å². The van der Waals surface area contributed by atoms with Gasteiger partial charge in [-0.3, -0.25) is 9.67 Å². The minimum Gasteiger partial charge on any atom is -0.354 e. The summed E-state index contributed by atoms with van der Waals surface area (Å²) < 4.78 is 1.78. The quantitative estimate of drug-likeness (QED) is 0.563.